The van der Waals surface area contributed by atoms with E-state index in [-0.39, 0.29) is 6.54 Å². The van der Waals surface area contributed by atoms with Crippen LogP contribution in [0.5, 0.6) is 5.88 Å². The van der Waals surface area contributed by atoms with Gasteiger partial charge >= 0.3 is 12.0 Å². The Balaban J connectivity index is 2.44. The van der Waals surface area contributed by atoms with Gasteiger partial charge in [0, 0.05) is 12.6 Å². The Morgan fingerprint density at radius 1 is 1.45 bits per heavy atom. The molecule has 7 heteroatoms. The van der Waals surface area contributed by atoms with Crippen LogP contribution in [0.2, 0.25) is 0 Å². The zero-order valence-corrected chi connectivity index (χ0v) is 11.5. The molecule has 0 aliphatic carbocycles. The molecule has 110 valence electrons. The minimum absolute atomic E-state index is 0.0958. The third-order valence-corrected chi connectivity index (χ3v) is 2.70. The lowest BCUT2D eigenvalue weighted by molar-refractivity contribution is -0.141. The van der Waals surface area contributed by atoms with Gasteiger partial charge in [0.15, 0.2) is 0 Å². The first-order chi connectivity index (χ1) is 9.56. The van der Waals surface area contributed by atoms with E-state index in [1.807, 2.05) is 6.92 Å². The van der Waals surface area contributed by atoms with Gasteiger partial charge in [-0.25, -0.2) is 9.78 Å². The molecule has 0 saturated carbocycles. The van der Waals surface area contributed by atoms with Crippen molar-refractivity contribution >= 4 is 17.7 Å². The summed E-state index contributed by atoms with van der Waals surface area (Å²) < 4.78 is 4.90. The molecule has 0 aliphatic heterocycles. The summed E-state index contributed by atoms with van der Waals surface area (Å²) in [7, 11) is 1.50. The lowest BCUT2D eigenvalue weighted by Gasteiger charge is -2.13. The van der Waals surface area contributed by atoms with E-state index < -0.39 is 17.9 Å². The predicted molar refractivity (Wildman–Crippen MR) is 73.8 cm³/mol. The minimum atomic E-state index is -0.904. The molecular formula is C13H19N3O4. The molecule has 7 nitrogen and oxygen atoms in total. The van der Waals surface area contributed by atoms with Crippen LogP contribution in [0.4, 0.5) is 10.5 Å². The number of aromatic nitrogens is 1. The molecule has 0 saturated heterocycles. The van der Waals surface area contributed by atoms with Gasteiger partial charge in [-0.3, -0.25) is 4.79 Å². The van der Waals surface area contributed by atoms with Crippen molar-refractivity contribution in [1.82, 2.24) is 10.3 Å². The number of hydrogen-bond acceptors (Lipinski definition) is 4. The van der Waals surface area contributed by atoms with Gasteiger partial charge in [-0.05, 0) is 12.5 Å². The van der Waals surface area contributed by atoms with E-state index in [2.05, 4.69) is 15.6 Å². The van der Waals surface area contributed by atoms with Crippen molar-refractivity contribution < 1.29 is 19.4 Å². The number of nitrogens with one attached hydrogen (secondary N) is 2. The van der Waals surface area contributed by atoms with Crippen LogP contribution in [0.3, 0.4) is 0 Å². The molecule has 20 heavy (non-hydrogen) atoms. The Morgan fingerprint density at radius 2 is 2.20 bits per heavy atom. The molecule has 0 aromatic carbocycles. The molecule has 1 aromatic rings. The second-order valence-corrected chi connectivity index (χ2v) is 4.25. The smallest absolute Gasteiger partial charge is 0.319 e. The number of nitrogens with zero attached hydrogens (tertiary/aromatic N) is 1. The van der Waals surface area contributed by atoms with E-state index in [0.29, 0.717) is 18.0 Å². The predicted octanol–water partition coefficient (Wildman–Crippen LogP) is 1.71. The molecule has 1 unspecified atom stereocenters. The molecule has 0 radical (unpaired) electrons. The monoisotopic (exact) mass is 281 g/mol. The van der Waals surface area contributed by atoms with Crippen molar-refractivity contribution in [2.45, 2.75) is 19.8 Å². The average Bonchev–Trinajstić information content (AvgIpc) is 2.44. The van der Waals surface area contributed by atoms with Crippen molar-refractivity contribution in [3.63, 3.8) is 0 Å². The van der Waals surface area contributed by atoms with Crippen LogP contribution in [-0.2, 0) is 4.79 Å². The number of amides is 2. The number of ether oxygens (including phenoxy) is 1. The second-order valence-electron chi connectivity index (χ2n) is 4.25. The first-order valence-corrected chi connectivity index (χ1v) is 6.34. The number of rotatable bonds is 7. The Labute approximate surface area is 117 Å². The summed E-state index contributed by atoms with van der Waals surface area (Å²) >= 11 is 0. The van der Waals surface area contributed by atoms with Crippen molar-refractivity contribution in [3.05, 3.63) is 18.3 Å². The zero-order chi connectivity index (χ0) is 15.0. The van der Waals surface area contributed by atoms with Gasteiger partial charge in [0.1, 0.15) is 0 Å². The van der Waals surface area contributed by atoms with Crippen LogP contribution in [0, 0.1) is 5.92 Å². The second kappa shape index (κ2) is 7.98. The molecular weight excluding hydrogens is 262 g/mol. The van der Waals surface area contributed by atoms with Crippen molar-refractivity contribution in [1.29, 1.82) is 0 Å². The topological polar surface area (TPSA) is 101 Å². The molecule has 0 fully saturated rings. The van der Waals surface area contributed by atoms with Crippen LogP contribution in [0.15, 0.2) is 18.3 Å². The SMILES string of the molecule is CCCC(CNC(=O)Nc1ccc(OC)nc1)C(=O)O. The maximum atomic E-state index is 11.6. The number of hydrogen-bond donors (Lipinski definition) is 3. The fraction of sp³-hybridized carbons (Fsp3) is 0.462. The number of pyridine rings is 1. The van der Waals surface area contributed by atoms with Gasteiger partial charge in [-0.2, -0.15) is 0 Å². The number of aliphatic carboxylic acids is 1. The molecule has 1 aromatic heterocycles. The van der Waals surface area contributed by atoms with E-state index in [9.17, 15) is 9.59 Å². The largest absolute Gasteiger partial charge is 0.481 e. The van der Waals surface area contributed by atoms with Gasteiger partial charge in [0.2, 0.25) is 5.88 Å². The number of carboxylic acids is 1. The fourth-order valence-corrected chi connectivity index (χ4v) is 1.63. The molecule has 0 aliphatic rings. The van der Waals surface area contributed by atoms with Crippen LogP contribution >= 0.6 is 0 Å². The van der Waals surface area contributed by atoms with E-state index in [0.717, 1.165) is 6.42 Å². The highest BCUT2D eigenvalue weighted by atomic mass is 16.5. The Morgan fingerprint density at radius 3 is 2.70 bits per heavy atom. The van der Waals surface area contributed by atoms with Gasteiger partial charge in [0.05, 0.1) is 24.9 Å². The zero-order valence-electron chi connectivity index (χ0n) is 11.5. The third kappa shape index (κ3) is 5.13. The number of urea groups is 1. The average molecular weight is 281 g/mol. The Kier molecular flexibility index (Phi) is 6.28. The van der Waals surface area contributed by atoms with E-state index in [1.54, 1.807) is 12.1 Å². The Bertz CT molecular complexity index is 447. The Hall–Kier alpha value is -2.31. The van der Waals surface area contributed by atoms with Crippen molar-refractivity contribution in [2.24, 2.45) is 5.92 Å². The van der Waals surface area contributed by atoms with Crippen LogP contribution in [0.25, 0.3) is 0 Å². The van der Waals surface area contributed by atoms with Crippen molar-refractivity contribution in [2.75, 3.05) is 19.0 Å². The first-order valence-electron chi connectivity index (χ1n) is 6.34. The summed E-state index contributed by atoms with van der Waals surface area (Å²) in [6.07, 6.45) is 2.74. The number of carboxylic acid groups (broad SMARTS) is 1. The summed E-state index contributed by atoms with van der Waals surface area (Å²) in [6, 6.07) is 2.80. The highest BCUT2D eigenvalue weighted by molar-refractivity contribution is 5.89. The quantitative estimate of drug-likeness (QED) is 0.706. The van der Waals surface area contributed by atoms with Crippen LogP contribution in [-0.4, -0.2) is 35.7 Å². The number of anilines is 1. The van der Waals surface area contributed by atoms with Gasteiger partial charge in [-0.15, -0.1) is 0 Å². The molecule has 1 heterocycles. The third-order valence-electron chi connectivity index (χ3n) is 2.70. The molecule has 1 atom stereocenters. The number of methoxy groups -OCH3 is 1. The summed E-state index contributed by atoms with van der Waals surface area (Å²) in [6.45, 7) is 2.00. The fourth-order valence-electron chi connectivity index (χ4n) is 1.63. The molecule has 3 N–H and O–H groups in total. The highest BCUT2D eigenvalue weighted by Crippen LogP contribution is 2.11. The van der Waals surface area contributed by atoms with Gasteiger partial charge < -0.3 is 20.5 Å². The maximum absolute atomic E-state index is 11.6. The van der Waals surface area contributed by atoms with Gasteiger partial charge in [0.25, 0.3) is 0 Å². The lowest BCUT2D eigenvalue weighted by Crippen LogP contribution is -2.35. The summed E-state index contributed by atoms with van der Waals surface area (Å²) in [5.41, 5.74) is 0.505. The summed E-state index contributed by atoms with van der Waals surface area (Å²) in [4.78, 5) is 26.5. The number of carbonyl (C=O) groups excluding carboxylic acids is 1. The van der Waals surface area contributed by atoms with E-state index in [4.69, 9.17) is 9.84 Å². The lowest BCUT2D eigenvalue weighted by atomic mass is 10.0. The summed E-state index contributed by atoms with van der Waals surface area (Å²) in [5.74, 6) is -1.03. The standard InChI is InChI=1S/C13H19N3O4/c1-3-4-9(12(17)18)7-15-13(19)16-10-5-6-11(20-2)14-8-10/h5-6,8-9H,3-4,7H2,1-2H3,(H,17,18)(H2,15,16,19). The van der Waals surface area contributed by atoms with E-state index >= 15 is 0 Å². The highest BCUT2D eigenvalue weighted by Gasteiger charge is 2.17. The first kappa shape index (κ1) is 15.7. The summed E-state index contributed by atoms with van der Waals surface area (Å²) in [5, 5.41) is 14.1. The van der Waals surface area contributed by atoms with Gasteiger partial charge in [-0.1, -0.05) is 13.3 Å². The molecule has 0 bridgehead atoms. The van der Waals surface area contributed by atoms with Crippen LogP contribution in [0.1, 0.15) is 19.8 Å². The van der Waals surface area contributed by atoms with Crippen molar-refractivity contribution in [3.8, 4) is 5.88 Å². The molecule has 1 rings (SSSR count). The molecule has 0 spiro atoms. The molecule has 2 amide bonds. The van der Waals surface area contributed by atoms with E-state index in [1.165, 1.54) is 13.3 Å². The van der Waals surface area contributed by atoms with Crippen LogP contribution < -0.4 is 15.4 Å². The number of carbonyl (C=O) groups is 2. The maximum Gasteiger partial charge on any atom is 0.319 e. The normalized spacial score (nSPS) is 11.5. The minimum Gasteiger partial charge on any atom is -0.481 e.